The lowest BCUT2D eigenvalue weighted by atomic mass is 9.93. The Balaban J connectivity index is 2.35. The van der Waals surface area contributed by atoms with Crippen LogP contribution in [0.2, 0.25) is 0 Å². The number of aryl methyl sites for hydroxylation is 1. The number of anilines is 1. The lowest BCUT2D eigenvalue weighted by molar-refractivity contribution is 0.388. The third kappa shape index (κ3) is 1.36. The van der Waals surface area contributed by atoms with Crippen LogP contribution in [0.15, 0.2) is 24.3 Å². The summed E-state index contributed by atoms with van der Waals surface area (Å²) in [7, 11) is 0. The van der Waals surface area contributed by atoms with Gasteiger partial charge in [0.25, 0.3) is 0 Å². The summed E-state index contributed by atoms with van der Waals surface area (Å²) in [5.74, 6) is 0. The summed E-state index contributed by atoms with van der Waals surface area (Å²) < 4.78 is 0. The molecule has 0 unspecified atom stereocenters. The Bertz CT molecular complexity index is 537. The lowest BCUT2D eigenvalue weighted by Crippen LogP contribution is -2.09. The molecule has 1 aromatic carbocycles. The average Bonchev–Trinajstić information content (AvgIpc) is 2.36. The molecule has 3 heteroatoms. The van der Waals surface area contributed by atoms with E-state index in [4.69, 9.17) is 0 Å². The van der Waals surface area contributed by atoms with Crippen LogP contribution in [-0.4, -0.2) is 10.2 Å². The third-order valence-electron chi connectivity index (χ3n) is 3.28. The van der Waals surface area contributed by atoms with E-state index in [1.54, 1.807) is 0 Å². The first kappa shape index (κ1) is 9.60. The van der Waals surface area contributed by atoms with Crippen molar-refractivity contribution < 1.29 is 5.21 Å². The number of aromatic nitrogens is 1. The molecule has 0 aliphatic heterocycles. The molecule has 0 atom stereocenters. The fourth-order valence-corrected chi connectivity index (χ4v) is 2.50. The first-order valence-electron chi connectivity index (χ1n) is 5.71. The predicted octanol–water partition coefficient (Wildman–Crippen LogP) is 2.91. The van der Waals surface area contributed by atoms with Crippen molar-refractivity contribution in [2.75, 3.05) is 5.48 Å². The summed E-state index contributed by atoms with van der Waals surface area (Å²) in [5.41, 5.74) is 6.49. The van der Waals surface area contributed by atoms with Gasteiger partial charge in [0.1, 0.15) is 0 Å². The number of nitrogens with zero attached hydrogens (tertiary/aromatic N) is 1. The van der Waals surface area contributed by atoms with Gasteiger partial charge in [0.05, 0.1) is 11.2 Å². The second-order valence-corrected chi connectivity index (χ2v) is 4.25. The first-order chi connectivity index (χ1) is 7.90. The van der Waals surface area contributed by atoms with Gasteiger partial charge in [-0.1, -0.05) is 18.2 Å². The second kappa shape index (κ2) is 3.76. The molecule has 0 saturated carbocycles. The zero-order valence-corrected chi connectivity index (χ0v) is 9.03. The minimum Gasteiger partial charge on any atom is -0.291 e. The topological polar surface area (TPSA) is 45.1 Å². The van der Waals surface area contributed by atoms with Crippen molar-refractivity contribution in [2.45, 2.75) is 25.7 Å². The van der Waals surface area contributed by atoms with Crippen molar-refractivity contribution in [2.24, 2.45) is 0 Å². The number of hydrogen-bond donors (Lipinski definition) is 2. The van der Waals surface area contributed by atoms with Crippen molar-refractivity contribution in [3.8, 4) is 0 Å². The molecule has 0 fully saturated rings. The summed E-state index contributed by atoms with van der Waals surface area (Å²) in [6.07, 6.45) is 4.41. The van der Waals surface area contributed by atoms with Crippen LogP contribution < -0.4 is 5.48 Å². The van der Waals surface area contributed by atoms with Gasteiger partial charge in [-0.05, 0) is 37.3 Å². The largest absolute Gasteiger partial charge is 0.291 e. The molecule has 1 aliphatic carbocycles. The monoisotopic (exact) mass is 214 g/mol. The molecule has 0 bridgehead atoms. The Morgan fingerprint density at radius 3 is 2.81 bits per heavy atom. The zero-order valence-electron chi connectivity index (χ0n) is 9.03. The van der Waals surface area contributed by atoms with Gasteiger partial charge < -0.3 is 0 Å². The van der Waals surface area contributed by atoms with Crippen LogP contribution >= 0.6 is 0 Å². The predicted molar refractivity (Wildman–Crippen MR) is 63.8 cm³/mol. The minimum absolute atomic E-state index is 0.848. The standard InChI is InChI=1S/C13H14N2O/c16-15-13-9-5-1-3-7-11(9)14-12-8-4-2-6-10(12)13/h1,3,5,7,16H,2,4,6,8H2,(H,14,15). The first-order valence-corrected chi connectivity index (χ1v) is 5.71. The van der Waals surface area contributed by atoms with Crippen molar-refractivity contribution >= 4 is 16.6 Å². The fraction of sp³-hybridized carbons (Fsp3) is 0.308. The molecule has 3 nitrogen and oxygen atoms in total. The maximum absolute atomic E-state index is 9.31. The number of benzene rings is 1. The van der Waals surface area contributed by atoms with Gasteiger partial charge in [-0.15, -0.1) is 0 Å². The summed E-state index contributed by atoms with van der Waals surface area (Å²) in [6.45, 7) is 0. The van der Waals surface area contributed by atoms with Crippen molar-refractivity contribution in [1.29, 1.82) is 0 Å². The smallest absolute Gasteiger partial charge is 0.0746 e. The molecule has 2 N–H and O–H groups in total. The Kier molecular flexibility index (Phi) is 2.26. The summed E-state index contributed by atoms with van der Waals surface area (Å²) in [6, 6.07) is 7.94. The van der Waals surface area contributed by atoms with Gasteiger partial charge in [0.2, 0.25) is 0 Å². The highest BCUT2D eigenvalue weighted by Gasteiger charge is 2.17. The number of nitrogens with one attached hydrogen (secondary N) is 1. The molecule has 0 spiro atoms. The molecule has 1 heterocycles. The average molecular weight is 214 g/mol. The van der Waals surface area contributed by atoms with Crippen LogP contribution in [0.5, 0.6) is 0 Å². The van der Waals surface area contributed by atoms with Crippen LogP contribution in [0, 0.1) is 0 Å². The molecule has 0 radical (unpaired) electrons. The Labute approximate surface area is 94.1 Å². The lowest BCUT2D eigenvalue weighted by Gasteiger charge is -2.19. The third-order valence-corrected chi connectivity index (χ3v) is 3.28. The van der Waals surface area contributed by atoms with Crippen LogP contribution in [0.1, 0.15) is 24.1 Å². The molecule has 1 aliphatic rings. The number of fused-ring (bicyclic) bond motifs is 2. The highest BCUT2D eigenvalue weighted by Crippen LogP contribution is 2.32. The molecule has 16 heavy (non-hydrogen) atoms. The van der Waals surface area contributed by atoms with E-state index in [1.165, 1.54) is 18.4 Å². The Hall–Kier alpha value is -1.61. The van der Waals surface area contributed by atoms with Crippen molar-refractivity contribution in [1.82, 2.24) is 4.98 Å². The van der Waals surface area contributed by atoms with E-state index in [1.807, 2.05) is 24.3 Å². The number of rotatable bonds is 1. The molecular formula is C13H14N2O. The Morgan fingerprint density at radius 1 is 1.12 bits per heavy atom. The molecule has 0 saturated heterocycles. The maximum Gasteiger partial charge on any atom is 0.0746 e. The van der Waals surface area contributed by atoms with Crippen molar-refractivity contribution in [3.05, 3.63) is 35.5 Å². The number of pyridine rings is 1. The molecule has 0 amide bonds. The zero-order chi connectivity index (χ0) is 11.0. The number of para-hydroxylation sites is 1. The van der Waals surface area contributed by atoms with Crippen LogP contribution in [0.25, 0.3) is 10.9 Å². The molecule has 2 aromatic rings. The normalized spacial score (nSPS) is 14.8. The maximum atomic E-state index is 9.31. The van der Waals surface area contributed by atoms with E-state index in [9.17, 15) is 5.21 Å². The molecule has 82 valence electrons. The van der Waals surface area contributed by atoms with Gasteiger partial charge in [-0.25, -0.2) is 0 Å². The summed E-state index contributed by atoms with van der Waals surface area (Å²) in [5, 5.41) is 10.3. The van der Waals surface area contributed by atoms with Crippen molar-refractivity contribution in [3.63, 3.8) is 0 Å². The molecule has 1 aromatic heterocycles. The highest BCUT2D eigenvalue weighted by atomic mass is 16.5. The molecule has 3 rings (SSSR count). The van der Waals surface area contributed by atoms with Gasteiger partial charge >= 0.3 is 0 Å². The summed E-state index contributed by atoms with van der Waals surface area (Å²) in [4.78, 5) is 4.67. The second-order valence-electron chi connectivity index (χ2n) is 4.25. The summed E-state index contributed by atoms with van der Waals surface area (Å²) >= 11 is 0. The van der Waals surface area contributed by atoms with Crippen LogP contribution in [0.4, 0.5) is 5.69 Å². The SMILES string of the molecule is ONc1c2c(nc3ccccc13)CCCC2. The van der Waals surface area contributed by atoms with E-state index in [0.717, 1.165) is 35.1 Å². The van der Waals surface area contributed by atoms with Gasteiger partial charge in [-0.3, -0.25) is 15.7 Å². The molecular weight excluding hydrogens is 200 g/mol. The van der Waals surface area contributed by atoms with Gasteiger partial charge in [0.15, 0.2) is 0 Å². The fourth-order valence-electron chi connectivity index (χ4n) is 2.50. The Morgan fingerprint density at radius 2 is 1.94 bits per heavy atom. The van der Waals surface area contributed by atoms with E-state index in [2.05, 4.69) is 10.5 Å². The number of hydrogen-bond acceptors (Lipinski definition) is 3. The van der Waals surface area contributed by atoms with Crippen LogP contribution in [-0.2, 0) is 12.8 Å². The van der Waals surface area contributed by atoms with E-state index in [0.29, 0.717) is 0 Å². The quantitative estimate of drug-likeness (QED) is 0.717. The van der Waals surface area contributed by atoms with Gasteiger partial charge in [0, 0.05) is 11.1 Å². The van der Waals surface area contributed by atoms with Gasteiger partial charge in [-0.2, -0.15) is 0 Å². The van der Waals surface area contributed by atoms with E-state index in [-0.39, 0.29) is 0 Å². The van der Waals surface area contributed by atoms with Crippen LogP contribution in [0.3, 0.4) is 0 Å². The minimum atomic E-state index is 0.848. The highest BCUT2D eigenvalue weighted by molar-refractivity contribution is 5.93. The van der Waals surface area contributed by atoms with E-state index < -0.39 is 0 Å². The van der Waals surface area contributed by atoms with E-state index >= 15 is 0 Å².